The van der Waals surface area contributed by atoms with E-state index in [1.165, 1.54) is 18.2 Å². The van der Waals surface area contributed by atoms with E-state index in [-0.39, 0.29) is 12.4 Å². The van der Waals surface area contributed by atoms with E-state index in [9.17, 15) is 9.18 Å². The monoisotopic (exact) mass is 360 g/mol. The molecule has 5 heteroatoms. The second kappa shape index (κ2) is 7.70. The van der Waals surface area contributed by atoms with Crippen LogP contribution in [0.4, 0.5) is 4.39 Å². The lowest BCUT2D eigenvalue weighted by atomic mass is 10.0. The van der Waals surface area contributed by atoms with Gasteiger partial charge >= 0.3 is 5.63 Å². The third kappa shape index (κ3) is 4.20. The highest BCUT2D eigenvalue weighted by Crippen LogP contribution is 2.32. The molecule has 0 aliphatic heterocycles. The quantitative estimate of drug-likeness (QED) is 0.544. The van der Waals surface area contributed by atoms with Crippen LogP contribution in [0.3, 0.4) is 0 Å². The highest BCUT2D eigenvalue weighted by molar-refractivity contribution is 6.32. The van der Waals surface area contributed by atoms with Crippen LogP contribution in [0.2, 0.25) is 5.02 Å². The Balaban J connectivity index is 1.91. The number of rotatable bonds is 6. The SMILES string of the molecule is CCCCc1cc(=O)oc2cc(OCc3cccc(F)c3)c(Cl)cc12. The summed E-state index contributed by atoms with van der Waals surface area (Å²) in [4.78, 5) is 11.8. The summed E-state index contributed by atoms with van der Waals surface area (Å²) in [5.74, 6) is 0.0755. The molecule has 0 N–H and O–H groups in total. The lowest BCUT2D eigenvalue weighted by Gasteiger charge is -2.11. The van der Waals surface area contributed by atoms with Gasteiger partial charge in [-0.25, -0.2) is 9.18 Å². The van der Waals surface area contributed by atoms with E-state index in [2.05, 4.69) is 6.92 Å². The van der Waals surface area contributed by atoms with Gasteiger partial charge in [-0.05, 0) is 42.2 Å². The predicted octanol–water partition coefficient (Wildman–Crippen LogP) is 5.51. The molecule has 0 fully saturated rings. The van der Waals surface area contributed by atoms with Crippen LogP contribution in [-0.4, -0.2) is 0 Å². The molecule has 0 bridgehead atoms. The molecule has 0 unspecified atom stereocenters. The van der Waals surface area contributed by atoms with E-state index in [1.807, 2.05) is 0 Å². The number of ether oxygens (including phenoxy) is 1. The fraction of sp³-hybridized carbons (Fsp3) is 0.250. The van der Waals surface area contributed by atoms with Crippen molar-refractivity contribution in [1.82, 2.24) is 0 Å². The predicted molar refractivity (Wildman–Crippen MR) is 96.8 cm³/mol. The van der Waals surface area contributed by atoms with Crippen LogP contribution in [0, 0.1) is 5.82 Å². The third-order valence-corrected chi connectivity index (χ3v) is 4.26. The average molecular weight is 361 g/mol. The Morgan fingerprint density at radius 1 is 1.20 bits per heavy atom. The minimum absolute atomic E-state index is 0.169. The Morgan fingerprint density at radius 2 is 2.04 bits per heavy atom. The molecule has 2 aromatic carbocycles. The summed E-state index contributed by atoms with van der Waals surface area (Å²) >= 11 is 6.33. The van der Waals surface area contributed by atoms with Crippen molar-refractivity contribution in [3.05, 3.63) is 74.9 Å². The summed E-state index contributed by atoms with van der Waals surface area (Å²) < 4.78 is 24.2. The lowest BCUT2D eigenvalue weighted by molar-refractivity contribution is 0.305. The second-order valence-electron chi connectivity index (χ2n) is 5.89. The third-order valence-electron chi connectivity index (χ3n) is 3.97. The molecule has 0 saturated heterocycles. The number of benzene rings is 2. The van der Waals surface area contributed by atoms with Crippen LogP contribution in [0.25, 0.3) is 11.0 Å². The topological polar surface area (TPSA) is 39.4 Å². The molecule has 3 rings (SSSR count). The van der Waals surface area contributed by atoms with Crippen LogP contribution in [0.15, 0.2) is 51.7 Å². The Bertz CT molecular complexity index is 949. The first-order valence-corrected chi connectivity index (χ1v) is 8.58. The Kier molecular flexibility index (Phi) is 5.39. The van der Waals surface area contributed by atoms with Crippen molar-refractivity contribution in [3.8, 4) is 5.75 Å². The van der Waals surface area contributed by atoms with Gasteiger partial charge in [0.1, 0.15) is 23.8 Å². The lowest BCUT2D eigenvalue weighted by Crippen LogP contribution is -2.02. The first-order valence-electron chi connectivity index (χ1n) is 8.20. The maximum absolute atomic E-state index is 13.2. The summed E-state index contributed by atoms with van der Waals surface area (Å²) in [6.07, 6.45) is 2.80. The number of halogens is 2. The zero-order chi connectivity index (χ0) is 17.8. The molecule has 0 radical (unpaired) electrons. The molecule has 0 saturated carbocycles. The molecule has 0 amide bonds. The molecule has 3 nitrogen and oxygen atoms in total. The Morgan fingerprint density at radius 3 is 2.80 bits per heavy atom. The van der Waals surface area contributed by atoms with Crippen molar-refractivity contribution in [2.45, 2.75) is 32.8 Å². The van der Waals surface area contributed by atoms with Crippen LogP contribution >= 0.6 is 11.6 Å². The van der Waals surface area contributed by atoms with E-state index >= 15 is 0 Å². The standard InChI is InChI=1S/C20H18ClFO3/c1-2-3-6-14-9-20(23)25-18-11-19(17(21)10-16(14)18)24-12-13-5-4-7-15(22)8-13/h4-5,7-11H,2-3,6,12H2,1H3. The Labute approximate surface area is 150 Å². The molecule has 1 aromatic heterocycles. The van der Waals surface area contributed by atoms with Crippen LogP contribution in [-0.2, 0) is 13.0 Å². The van der Waals surface area contributed by atoms with E-state index < -0.39 is 5.63 Å². The van der Waals surface area contributed by atoms with Crippen molar-refractivity contribution in [2.75, 3.05) is 0 Å². The molecule has 0 aliphatic rings. The van der Waals surface area contributed by atoms with Gasteiger partial charge < -0.3 is 9.15 Å². The van der Waals surface area contributed by atoms with Gasteiger partial charge in [0.25, 0.3) is 0 Å². The number of hydrogen-bond donors (Lipinski definition) is 0. The molecule has 0 aliphatic carbocycles. The fourth-order valence-corrected chi connectivity index (χ4v) is 2.92. The largest absolute Gasteiger partial charge is 0.487 e. The maximum Gasteiger partial charge on any atom is 0.336 e. The normalized spacial score (nSPS) is 11.0. The second-order valence-corrected chi connectivity index (χ2v) is 6.30. The molecule has 3 aromatic rings. The smallest absolute Gasteiger partial charge is 0.336 e. The zero-order valence-corrected chi connectivity index (χ0v) is 14.6. The summed E-state index contributed by atoms with van der Waals surface area (Å²) in [7, 11) is 0. The molecule has 1 heterocycles. The van der Waals surface area contributed by atoms with Gasteiger partial charge in [-0.15, -0.1) is 0 Å². The first kappa shape index (κ1) is 17.5. The van der Waals surface area contributed by atoms with Gasteiger partial charge in [-0.2, -0.15) is 0 Å². The van der Waals surface area contributed by atoms with Crippen molar-refractivity contribution >= 4 is 22.6 Å². The van der Waals surface area contributed by atoms with Crippen molar-refractivity contribution in [1.29, 1.82) is 0 Å². The zero-order valence-electron chi connectivity index (χ0n) is 13.9. The first-order chi connectivity index (χ1) is 12.1. The molecular formula is C20H18ClFO3. The molecule has 0 spiro atoms. The van der Waals surface area contributed by atoms with E-state index in [4.69, 9.17) is 20.8 Å². The van der Waals surface area contributed by atoms with Crippen LogP contribution in [0.1, 0.15) is 30.9 Å². The average Bonchev–Trinajstić information content (AvgIpc) is 2.58. The summed E-state index contributed by atoms with van der Waals surface area (Å²) in [5, 5.41) is 1.24. The van der Waals surface area contributed by atoms with E-state index in [1.54, 1.807) is 24.3 Å². The van der Waals surface area contributed by atoms with Gasteiger partial charge in [-0.3, -0.25) is 0 Å². The number of unbranched alkanes of at least 4 members (excludes halogenated alkanes) is 1. The number of fused-ring (bicyclic) bond motifs is 1. The summed E-state index contributed by atoms with van der Waals surface area (Å²) in [5.41, 5.74) is 1.66. The van der Waals surface area contributed by atoms with E-state index in [0.717, 1.165) is 30.2 Å². The highest BCUT2D eigenvalue weighted by Gasteiger charge is 2.11. The van der Waals surface area contributed by atoms with Crippen molar-refractivity contribution < 1.29 is 13.5 Å². The van der Waals surface area contributed by atoms with E-state index in [0.29, 0.717) is 21.9 Å². The van der Waals surface area contributed by atoms with Crippen molar-refractivity contribution in [3.63, 3.8) is 0 Å². The Hall–Kier alpha value is -2.33. The minimum atomic E-state index is -0.392. The van der Waals surface area contributed by atoms with Crippen molar-refractivity contribution in [2.24, 2.45) is 0 Å². The molecule has 25 heavy (non-hydrogen) atoms. The van der Waals surface area contributed by atoms with Crippen LogP contribution in [0.5, 0.6) is 5.75 Å². The summed E-state index contributed by atoms with van der Waals surface area (Å²) in [6.45, 7) is 2.27. The van der Waals surface area contributed by atoms with Gasteiger partial charge in [0.15, 0.2) is 0 Å². The number of hydrogen-bond acceptors (Lipinski definition) is 3. The van der Waals surface area contributed by atoms with Gasteiger partial charge in [0.2, 0.25) is 0 Å². The summed E-state index contributed by atoms with van der Waals surface area (Å²) in [6, 6.07) is 11.0. The van der Waals surface area contributed by atoms with Crippen LogP contribution < -0.4 is 10.4 Å². The molecule has 0 atom stereocenters. The minimum Gasteiger partial charge on any atom is -0.487 e. The highest BCUT2D eigenvalue weighted by atomic mass is 35.5. The van der Waals surface area contributed by atoms with Gasteiger partial charge in [0, 0.05) is 17.5 Å². The molecule has 130 valence electrons. The molecular weight excluding hydrogens is 343 g/mol. The fourth-order valence-electron chi connectivity index (χ4n) is 2.70. The van der Waals surface area contributed by atoms with Gasteiger partial charge in [0.05, 0.1) is 5.02 Å². The van der Waals surface area contributed by atoms with Gasteiger partial charge in [-0.1, -0.05) is 37.1 Å². The number of aryl methyl sites for hydroxylation is 1. The maximum atomic E-state index is 13.2.